The highest BCUT2D eigenvalue weighted by Gasteiger charge is 2.09. The van der Waals surface area contributed by atoms with Crippen LogP contribution in [0.3, 0.4) is 0 Å². The van der Waals surface area contributed by atoms with E-state index in [1.807, 2.05) is 53.9 Å². The summed E-state index contributed by atoms with van der Waals surface area (Å²) in [5.74, 6) is 0.860. The first kappa shape index (κ1) is 23.5. The molecule has 6 nitrogen and oxygen atoms in total. The zero-order valence-electron chi connectivity index (χ0n) is 19.2. The number of hydrogen-bond donors (Lipinski definition) is 2. The number of aromatic nitrogens is 1. The molecular formula is C28H21ClN4O2S. The standard InChI is InChI=1S/C28H21ClN4O2S/c1-18-5-11-23(12-6-18)31-28-32-25(17-36-28)19-7-9-20(10-8-19)27(34)33-30-16-24-13-14-26(35-24)21-3-2-4-22(29)15-21/h2-17H,1H3,(H,31,32)(H,33,34)/b30-16-. The first-order valence-corrected chi connectivity index (χ1v) is 12.4. The minimum atomic E-state index is -0.320. The van der Waals surface area contributed by atoms with Gasteiger partial charge in [-0.05, 0) is 55.5 Å². The van der Waals surface area contributed by atoms with Gasteiger partial charge in [-0.25, -0.2) is 10.4 Å². The van der Waals surface area contributed by atoms with Crippen LogP contribution in [0.4, 0.5) is 10.8 Å². The molecular weight excluding hydrogens is 492 g/mol. The summed E-state index contributed by atoms with van der Waals surface area (Å²) in [5, 5.41) is 10.7. The third-order valence-corrected chi connectivity index (χ3v) is 6.34. The predicted molar refractivity (Wildman–Crippen MR) is 146 cm³/mol. The quantitative estimate of drug-likeness (QED) is 0.174. The molecule has 5 aromatic rings. The molecule has 0 atom stereocenters. The van der Waals surface area contributed by atoms with Crippen molar-refractivity contribution < 1.29 is 9.21 Å². The van der Waals surface area contributed by atoms with Crippen LogP contribution in [-0.2, 0) is 0 Å². The number of nitrogens with one attached hydrogen (secondary N) is 2. The second-order valence-corrected chi connectivity index (χ2v) is 9.31. The summed E-state index contributed by atoms with van der Waals surface area (Å²) in [6, 6.07) is 26.4. The number of furan rings is 1. The molecule has 0 radical (unpaired) electrons. The van der Waals surface area contributed by atoms with Gasteiger partial charge in [0, 0.05) is 32.8 Å². The number of rotatable bonds is 7. The first-order chi connectivity index (χ1) is 17.5. The summed E-state index contributed by atoms with van der Waals surface area (Å²) in [6.07, 6.45) is 1.46. The number of hydrogen-bond acceptors (Lipinski definition) is 6. The summed E-state index contributed by atoms with van der Waals surface area (Å²) in [5.41, 5.74) is 7.84. The molecule has 8 heteroatoms. The van der Waals surface area contributed by atoms with Gasteiger partial charge in [0.1, 0.15) is 11.5 Å². The number of carbonyl (C=O) groups is 1. The molecule has 5 rings (SSSR count). The van der Waals surface area contributed by atoms with Crippen molar-refractivity contribution in [2.24, 2.45) is 5.10 Å². The van der Waals surface area contributed by atoms with Gasteiger partial charge in [-0.3, -0.25) is 4.79 Å². The number of nitrogens with zero attached hydrogens (tertiary/aromatic N) is 2. The van der Waals surface area contributed by atoms with Crippen LogP contribution in [0.25, 0.3) is 22.6 Å². The van der Waals surface area contributed by atoms with E-state index in [1.165, 1.54) is 23.1 Å². The fourth-order valence-electron chi connectivity index (χ4n) is 3.45. The highest BCUT2D eigenvalue weighted by Crippen LogP contribution is 2.28. The molecule has 0 bridgehead atoms. The van der Waals surface area contributed by atoms with E-state index in [-0.39, 0.29) is 5.91 Å². The maximum atomic E-state index is 12.5. The monoisotopic (exact) mass is 512 g/mol. The van der Waals surface area contributed by atoms with Crippen LogP contribution in [-0.4, -0.2) is 17.1 Å². The van der Waals surface area contributed by atoms with Crippen LogP contribution < -0.4 is 10.7 Å². The Bertz CT molecular complexity index is 1520. The van der Waals surface area contributed by atoms with Crippen LogP contribution in [0.1, 0.15) is 21.7 Å². The summed E-state index contributed by atoms with van der Waals surface area (Å²) in [4.78, 5) is 17.1. The third kappa shape index (κ3) is 5.71. The number of amides is 1. The van der Waals surface area contributed by atoms with E-state index in [4.69, 9.17) is 16.0 Å². The Morgan fingerprint density at radius 2 is 1.81 bits per heavy atom. The van der Waals surface area contributed by atoms with Crippen molar-refractivity contribution in [1.82, 2.24) is 10.4 Å². The Kier molecular flexibility index (Phi) is 6.93. The minimum Gasteiger partial charge on any atom is -0.455 e. The number of aryl methyl sites for hydroxylation is 1. The number of carbonyl (C=O) groups excluding carboxylic acids is 1. The Labute approximate surface area is 217 Å². The van der Waals surface area contributed by atoms with Gasteiger partial charge in [0.15, 0.2) is 5.13 Å². The number of anilines is 2. The van der Waals surface area contributed by atoms with E-state index in [2.05, 4.69) is 39.9 Å². The molecule has 0 saturated carbocycles. The lowest BCUT2D eigenvalue weighted by Gasteiger charge is -2.03. The second kappa shape index (κ2) is 10.6. The number of benzene rings is 3. The topological polar surface area (TPSA) is 79.5 Å². The van der Waals surface area contributed by atoms with Gasteiger partial charge in [-0.1, -0.05) is 53.6 Å². The van der Waals surface area contributed by atoms with Crippen molar-refractivity contribution >= 4 is 45.9 Å². The molecule has 1 amide bonds. The molecule has 0 aliphatic rings. The molecule has 0 spiro atoms. The Balaban J connectivity index is 1.18. The zero-order valence-corrected chi connectivity index (χ0v) is 20.8. The summed E-state index contributed by atoms with van der Waals surface area (Å²) >= 11 is 7.56. The fourth-order valence-corrected chi connectivity index (χ4v) is 4.38. The molecule has 2 aromatic heterocycles. The van der Waals surface area contributed by atoms with E-state index in [0.29, 0.717) is 22.1 Å². The number of thiazole rings is 1. The van der Waals surface area contributed by atoms with Crippen LogP contribution in [0.2, 0.25) is 5.02 Å². The molecule has 2 heterocycles. The molecule has 178 valence electrons. The van der Waals surface area contributed by atoms with Gasteiger partial charge in [0.25, 0.3) is 5.91 Å². The van der Waals surface area contributed by atoms with Crippen LogP contribution in [0.5, 0.6) is 0 Å². The number of hydrazone groups is 1. The van der Waals surface area contributed by atoms with E-state index in [0.717, 1.165) is 27.6 Å². The molecule has 0 unspecified atom stereocenters. The van der Waals surface area contributed by atoms with E-state index >= 15 is 0 Å². The largest absolute Gasteiger partial charge is 0.455 e. The first-order valence-electron chi connectivity index (χ1n) is 11.1. The van der Waals surface area contributed by atoms with Gasteiger partial charge in [-0.15, -0.1) is 11.3 Å². The van der Waals surface area contributed by atoms with Gasteiger partial charge >= 0.3 is 0 Å². The van der Waals surface area contributed by atoms with Gasteiger partial charge in [-0.2, -0.15) is 5.10 Å². The molecule has 2 N–H and O–H groups in total. The molecule has 0 fully saturated rings. The average Bonchev–Trinajstić information content (AvgIpc) is 3.56. The molecule has 0 aliphatic carbocycles. The molecule has 3 aromatic carbocycles. The van der Waals surface area contributed by atoms with Crippen molar-refractivity contribution in [3.05, 3.63) is 112 Å². The third-order valence-electron chi connectivity index (χ3n) is 5.34. The van der Waals surface area contributed by atoms with Crippen LogP contribution in [0.15, 0.2) is 99.8 Å². The van der Waals surface area contributed by atoms with Crippen molar-refractivity contribution in [2.45, 2.75) is 6.92 Å². The summed E-state index contributed by atoms with van der Waals surface area (Å²) in [7, 11) is 0. The van der Waals surface area contributed by atoms with Crippen molar-refractivity contribution in [3.63, 3.8) is 0 Å². The summed E-state index contributed by atoms with van der Waals surface area (Å²) < 4.78 is 5.75. The maximum Gasteiger partial charge on any atom is 0.271 e. The van der Waals surface area contributed by atoms with Gasteiger partial charge in [0.2, 0.25) is 0 Å². The molecule has 36 heavy (non-hydrogen) atoms. The van der Waals surface area contributed by atoms with E-state index < -0.39 is 0 Å². The van der Waals surface area contributed by atoms with Crippen LogP contribution >= 0.6 is 22.9 Å². The SMILES string of the molecule is Cc1ccc(Nc2nc(-c3ccc(C(=O)N/N=C\c4ccc(-c5cccc(Cl)c5)o4)cc3)cs2)cc1. The summed E-state index contributed by atoms with van der Waals surface area (Å²) in [6.45, 7) is 2.05. The normalized spacial score (nSPS) is 11.1. The van der Waals surface area contributed by atoms with Crippen molar-refractivity contribution in [2.75, 3.05) is 5.32 Å². The van der Waals surface area contributed by atoms with Gasteiger partial charge < -0.3 is 9.73 Å². The highest BCUT2D eigenvalue weighted by atomic mass is 35.5. The Morgan fingerprint density at radius 3 is 2.58 bits per heavy atom. The smallest absolute Gasteiger partial charge is 0.271 e. The highest BCUT2D eigenvalue weighted by molar-refractivity contribution is 7.14. The number of halogens is 1. The van der Waals surface area contributed by atoms with E-state index in [1.54, 1.807) is 24.3 Å². The van der Waals surface area contributed by atoms with Gasteiger partial charge in [0.05, 0.1) is 11.9 Å². The maximum absolute atomic E-state index is 12.5. The lowest BCUT2D eigenvalue weighted by atomic mass is 10.1. The predicted octanol–water partition coefficient (Wildman–Crippen LogP) is 7.54. The van der Waals surface area contributed by atoms with Crippen molar-refractivity contribution in [3.8, 4) is 22.6 Å². The van der Waals surface area contributed by atoms with E-state index in [9.17, 15) is 4.79 Å². The average molecular weight is 513 g/mol. The van der Waals surface area contributed by atoms with Crippen molar-refractivity contribution in [1.29, 1.82) is 0 Å². The molecule has 0 aliphatic heterocycles. The lowest BCUT2D eigenvalue weighted by Crippen LogP contribution is -2.17. The zero-order chi connectivity index (χ0) is 24.9. The Morgan fingerprint density at radius 1 is 1.00 bits per heavy atom. The Hall–Kier alpha value is -4.20. The second-order valence-electron chi connectivity index (χ2n) is 8.02. The van der Waals surface area contributed by atoms with Crippen LogP contribution in [0, 0.1) is 6.92 Å². The fraction of sp³-hybridized carbons (Fsp3) is 0.0357. The molecule has 0 saturated heterocycles. The minimum absolute atomic E-state index is 0.320. The lowest BCUT2D eigenvalue weighted by molar-refractivity contribution is 0.0955.